The van der Waals surface area contributed by atoms with Crippen molar-refractivity contribution in [1.82, 2.24) is 4.57 Å². The number of anilines is 3. The molecule has 0 radical (unpaired) electrons. The second kappa shape index (κ2) is 15.8. The number of rotatable bonds is 8. The first-order chi connectivity index (χ1) is 31.7. The van der Waals surface area contributed by atoms with Gasteiger partial charge in [-0.1, -0.05) is 188 Å². The van der Waals surface area contributed by atoms with Crippen LogP contribution >= 0.6 is 0 Å². The van der Waals surface area contributed by atoms with Gasteiger partial charge in [-0.3, -0.25) is 0 Å². The van der Waals surface area contributed by atoms with E-state index >= 15 is 0 Å². The van der Waals surface area contributed by atoms with Crippen LogP contribution in [0.3, 0.4) is 0 Å². The highest BCUT2D eigenvalue weighted by Crippen LogP contribution is 2.43. The van der Waals surface area contributed by atoms with Gasteiger partial charge in [-0.2, -0.15) is 0 Å². The molecule has 0 saturated heterocycles. The molecule has 64 heavy (non-hydrogen) atoms. The van der Waals surface area contributed by atoms with Crippen LogP contribution in [-0.4, -0.2) is 4.57 Å². The highest BCUT2D eigenvalue weighted by molar-refractivity contribution is 6.12. The summed E-state index contributed by atoms with van der Waals surface area (Å²) in [7, 11) is 0. The lowest BCUT2D eigenvalue weighted by Crippen LogP contribution is -2.10. The van der Waals surface area contributed by atoms with Gasteiger partial charge in [0.1, 0.15) is 0 Å². The average molecular weight is 815 g/mol. The summed E-state index contributed by atoms with van der Waals surface area (Å²) in [6.45, 7) is 0. The molecular weight excluding hydrogens is 773 g/mol. The van der Waals surface area contributed by atoms with E-state index in [4.69, 9.17) is 0 Å². The smallest absolute Gasteiger partial charge is 0.0561 e. The predicted molar refractivity (Wildman–Crippen MR) is 272 cm³/mol. The van der Waals surface area contributed by atoms with Crippen molar-refractivity contribution in [2.45, 2.75) is 0 Å². The summed E-state index contributed by atoms with van der Waals surface area (Å²) < 4.78 is 2.47. The van der Waals surface area contributed by atoms with E-state index in [-0.39, 0.29) is 0 Å². The van der Waals surface area contributed by atoms with Gasteiger partial charge in [-0.25, -0.2) is 0 Å². The van der Waals surface area contributed by atoms with Crippen molar-refractivity contribution in [3.05, 3.63) is 255 Å². The van der Waals surface area contributed by atoms with Crippen molar-refractivity contribution in [3.8, 4) is 50.2 Å². The number of fused-ring (bicyclic) bond motifs is 5. The summed E-state index contributed by atoms with van der Waals surface area (Å²) in [5.41, 5.74) is 16.3. The topological polar surface area (TPSA) is 8.17 Å². The largest absolute Gasteiger partial charge is 0.310 e. The summed E-state index contributed by atoms with van der Waals surface area (Å²) in [6.07, 6.45) is 0. The lowest BCUT2D eigenvalue weighted by molar-refractivity contribution is 1.18. The Labute approximate surface area is 373 Å². The molecule has 0 aliphatic carbocycles. The van der Waals surface area contributed by atoms with Crippen molar-refractivity contribution in [1.29, 1.82) is 0 Å². The molecule has 1 aromatic heterocycles. The zero-order chi connectivity index (χ0) is 42.4. The molecular formula is C62H42N2. The fraction of sp³-hybridized carbons (Fsp3) is 0. The highest BCUT2D eigenvalue weighted by atomic mass is 15.1. The van der Waals surface area contributed by atoms with Crippen LogP contribution in [0.25, 0.3) is 93.5 Å². The minimum atomic E-state index is 1.08. The highest BCUT2D eigenvalue weighted by Gasteiger charge is 2.20. The number of benzene rings is 11. The second-order valence-corrected chi connectivity index (χ2v) is 16.6. The number of aromatic nitrogens is 1. The van der Waals surface area contributed by atoms with Crippen molar-refractivity contribution >= 4 is 60.4 Å². The van der Waals surface area contributed by atoms with Crippen LogP contribution in [-0.2, 0) is 0 Å². The molecule has 300 valence electrons. The molecule has 0 N–H and O–H groups in total. The minimum Gasteiger partial charge on any atom is -0.310 e. The molecule has 0 spiro atoms. The SMILES string of the molecule is c1ccc(-c2ccc(N(c3ccc(-c4ccccc4)cc3)c3ccc4c5ccc(-c6cc7ccccc7cc6-c6ccccc6)cc5n(-c5ccc6ccccc6c5)c4c3)cc2)cc1. The predicted octanol–water partition coefficient (Wildman–Crippen LogP) is 17.2. The van der Waals surface area contributed by atoms with Crippen LogP contribution in [0.1, 0.15) is 0 Å². The molecule has 0 fully saturated rings. The maximum Gasteiger partial charge on any atom is 0.0561 e. The van der Waals surface area contributed by atoms with E-state index in [9.17, 15) is 0 Å². The Hall–Kier alpha value is -8.46. The van der Waals surface area contributed by atoms with Crippen LogP contribution in [0, 0.1) is 0 Å². The van der Waals surface area contributed by atoms with Gasteiger partial charge >= 0.3 is 0 Å². The van der Waals surface area contributed by atoms with Gasteiger partial charge in [0.25, 0.3) is 0 Å². The van der Waals surface area contributed by atoms with E-state index in [1.165, 1.54) is 76.8 Å². The Morgan fingerprint density at radius 3 is 1.22 bits per heavy atom. The molecule has 0 amide bonds. The zero-order valence-corrected chi connectivity index (χ0v) is 35.1. The molecule has 1 heterocycles. The van der Waals surface area contributed by atoms with Crippen LogP contribution in [0.5, 0.6) is 0 Å². The number of hydrogen-bond acceptors (Lipinski definition) is 1. The zero-order valence-electron chi connectivity index (χ0n) is 35.1. The van der Waals surface area contributed by atoms with Gasteiger partial charge in [0, 0.05) is 33.5 Å². The third kappa shape index (κ3) is 6.70. The molecule has 2 nitrogen and oxygen atoms in total. The first-order valence-electron chi connectivity index (χ1n) is 22.0. The van der Waals surface area contributed by atoms with E-state index in [1.807, 2.05) is 0 Å². The van der Waals surface area contributed by atoms with Gasteiger partial charge in [0.05, 0.1) is 11.0 Å². The Balaban J connectivity index is 1.08. The minimum absolute atomic E-state index is 1.08. The van der Waals surface area contributed by atoms with E-state index in [2.05, 4.69) is 264 Å². The van der Waals surface area contributed by atoms with E-state index in [0.29, 0.717) is 0 Å². The van der Waals surface area contributed by atoms with Crippen molar-refractivity contribution in [2.24, 2.45) is 0 Å². The van der Waals surface area contributed by atoms with Gasteiger partial charge < -0.3 is 9.47 Å². The first kappa shape index (κ1) is 37.3. The summed E-state index contributed by atoms with van der Waals surface area (Å²) in [6, 6.07) is 92.9. The first-order valence-corrected chi connectivity index (χ1v) is 22.0. The molecule has 0 bridgehead atoms. The number of hydrogen-bond donors (Lipinski definition) is 0. The maximum atomic E-state index is 2.47. The molecule has 0 unspecified atom stereocenters. The molecule has 0 aliphatic heterocycles. The van der Waals surface area contributed by atoms with E-state index in [0.717, 1.165) is 33.8 Å². The van der Waals surface area contributed by atoms with Crippen LogP contribution in [0.2, 0.25) is 0 Å². The standard InChI is InChI=1S/C62H42N2/c1-4-14-43(15-5-1)46-24-30-53(31-25-46)63(54-32-26-47(27-33-54)44-16-6-2-7-17-44)56-35-37-58-57-36-29-52(60-40-51-23-13-12-22-50(51)39-59(60)48-19-8-3-9-20-48)41-61(57)64(62(58)42-56)55-34-28-45-18-10-11-21-49(45)38-55/h1-42H. The molecule has 0 atom stereocenters. The maximum absolute atomic E-state index is 2.47. The summed E-state index contributed by atoms with van der Waals surface area (Å²) in [4.78, 5) is 2.39. The normalized spacial score (nSPS) is 11.4. The average Bonchev–Trinajstić information content (AvgIpc) is 3.70. The van der Waals surface area contributed by atoms with Crippen LogP contribution in [0.15, 0.2) is 255 Å². The molecule has 12 rings (SSSR count). The summed E-state index contributed by atoms with van der Waals surface area (Å²) >= 11 is 0. The van der Waals surface area contributed by atoms with Gasteiger partial charge in [-0.15, -0.1) is 0 Å². The Kier molecular flexibility index (Phi) is 9.20. The van der Waals surface area contributed by atoms with Crippen molar-refractivity contribution in [2.75, 3.05) is 4.90 Å². The lowest BCUT2D eigenvalue weighted by Gasteiger charge is -2.26. The monoisotopic (exact) mass is 814 g/mol. The Morgan fingerprint density at radius 1 is 0.250 bits per heavy atom. The molecule has 0 saturated carbocycles. The second-order valence-electron chi connectivity index (χ2n) is 16.6. The Morgan fingerprint density at radius 2 is 0.656 bits per heavy atom. The third-order valence-electron chi connectivity index (χ3n) is 12.7. The summed E-state index contributed by atoms with van der Waals surface area (Å²) in [5.74, 6) is 0. The van der Waals surface area contributed by atoms with Gasteiger partial charge in [-0.05, 0) is 133 Å². The van der Waals surface area contributed by atoms with Crippen molar-refractivity contribution < 1.29 is 0 Å². The summed E-state index contributed by atoms with van der Waals surface area (Å²) in [5, 5.41) is 7.32. The van der Waals surface area contributed by atoms with Gasteiger partial charge in [0.15, 0.2) is 0 Å². The molecule has 0 aliphatic rings. The fourth-order valence-corrected chi connectivity index (χ4v) is 9.56. The third-order valence-corrected chi connectivity index (χ3v) is 12.7. The van der Waals surface area contributed by atoms with Crippen LogP contribution in [0.4, 0.5) is 17.1 Å². The van der Waals surface area contributed by atoms with E-state index < -0.39 is 0 Å². The number of nitrogens with zero attached hydrogens (tertiary/aromatic N) is 2. The van der Waals surface area contributed by atoms with Crippen molar-refractivity contribution in [3.63, 3.8) is 0 Å². The molecule has 12 aromatic rings. The van der Waals surface area contributed by atoms with Gasteiger partial charge in [0.2, 0.25) is 0 Å². The lowest BCUT2D eigenvalue weighted by atomic mass is 9.91. The Bertz CT molecular complexity index is 3540. The quantitative estimate of drug-likeness (QED) is 0.148. The van der Waals surface area contributed by atoms with E-state index in [1.54, 1.807) is 0 Å². The fourth-order valence-electron chi connectivity index (χ4n) is 9.56. The molecule has 11 aromatic carbocycles. The molecule has 2 heteroatoms. The van der Waals surface area contributed by atoms with Crippen LogP contribution < -0.4 is 4.90 Å².